The Morgan fingerprint density at radius 3 is 2.79 bits per heavy atom. The molecule has 82 valence electrons. The van der Waals surface area contributed by atoms with Crippen molar-refractivity contribution in [2.45, 2.75) is 25.7 Å². The SMILES string of the molecule is COC(=O)CC1(CSCCCF)CC1. The van der Waals surface area contributed by atoms with Crippen LogP contribution >= 0.6 is 11.8 Å². The molecule has 14 heavy (non-hydrogen) atoms. The largest absolute Gasteiger partial charge is 0.469 e. The van der Waals surface area contributed by atoms with Crippen LogP contribution in [-0.2, 0) is 9.53 Å². The van der Waals surface area contributed by atoms with Gasteiger partial charge in [-0.3, -0.25) is 9.18 Å². The molecule has 0 aromatic carbocycles. The van der Waals surface area contributed by atoms with Crippen LogP contribution in [0.15, 0.2) is 0 Å². The summed E-state index contributed by atoms with van der Waals surface area (Å²) in [5, 5.41) is 0. The van der Waals surface area contributed by atoms with Crippen molar-refractivity contribution in [3.05, 3.63) is 0 Å². The number of hydrogen-bond donors (Lipinski definition) is 0. The van der Waals surface area contributed by atoms with Crippen molar-refractivity contribution < 1.29 is 13.9 Å². The molecule has 0 radical (unpaired) electrons. The molecule has 0 atom stereocenters. The van der Waals surface area contributed by atoms with Gasteiger partial charge in [0.05, 0.1) is 20.2 Å². The Morgan fingerprint density at radius 1 is 1.57 bits per heavy atom. The summed E-state index contributed by atoms with van der Waals surface area (Å²) in [4.78, 5) is 11.1. The number of methoxy groups -OCH3 is 1. The summed E-state index contributed by atoms with van der Waals surface area (Å²) in [6.45, 7) is -0.239. The number of rotatable bonds is 7. The molecule has 1 aliphatic carbocycles. The van der Waals surface area contributed by atoms with Crippen molar-refractivity contribution in [1.29, 1.82) is 0 Å². The molecule has 0 aromatic heterocycles. The Bertz CT molecular complexity index is 193. The van der Waals surface area contributed by atoms with Crippen molar-refractivity contribution in [3.8, 4) is 0 Å². The van der Waals surface area contributed by atoms with Crippen molar-refractivity contribution in [2.75, 3.05) is 25.3 Å². The van der Waals surface area contributed by atoms with E-state index in [1.165, 1.54) is 7.11 Å². The summed E-state index contributed by atoms with van der Waals surface area (Å²) >= 11 is 1.75. The highest BCUT2D eigenvalue weighted by molar-refractivity contribution is 7.99. The quantitative estimate of drug-likeness (QED) is 0.487. The van der Waals surface area contributed by atoms with Crippen molar-refractivity contribution in [1.82, 2.24) is 0 Å². The number of alkyl halides is 1. The van der Waals surface area contributed by atoms with Crippen LogP contribution in [-0.4, -0.2) is 31.3 Å². The molecule has 0 N–H and O–H groups in total. The third-order valence-electron chi connectivity index (χ3n) is 2.53. The smallest absolute Gasteiger partial charge is 0.306 e. The lowest BCUT2D eigenvalue weighted by Gasteiger charge is -2.12. The Balaban J connectivity index is 2.12. The summed E-state index contributed by atoms with van der Waals surface area (Å²) < 4.78 is 16.5. The lowest BCUT2D eigenvalue weighted by molar-refractivity contribution is -0.141. The summed E-state index contributed by atoms with van der Waals surface area (Å²) in [6, 6.07) is 0. The summed E-state index contributed by atoms with van der Waals surface area (Å²) in [5.41, 5.74) is 0.189. The molecule has 4 heteroatoms. The summed E-state index contributed by atoms with van der Waals surface area (Å²) in [5.74, 6) is 1.72. The molecule has 1 aliphatic rings. The molecule has 0 bridgehead atoms. The minimum absolute atomic E-state index is 0.117. The van der Waals surface area contributed by atoms with E-state index in [9.17, 15) is 9.18 Å². The number of carbonyl (C=O) groups is 1. The molecule has 0 unspecified atom stereocenters. The molecule has 1 saturated carbocycles. The van der Waals surface area contributed by atoms with Gasteiger partial charge in [0.15, 0.2) is 0 Å². The first kappa shape index (κ1) is 11.8. The van der Waals surface area contributed by atoms with E-state index in [0.717, 1.165) is 24.3 Å². The van der Waals surface area contributed by atoms with Crippen molar-refractivity contribution >= 4 is 17.7 Å². The summed E-state index contributed by atoms with van der Waals surface area (Å²) in [6.07, 6.45) is 3.39. The molecule has 0 saturated heterocycles. The van der Waals surface area contributed by atoms with Crippen molar-refractivity contribution in [2.24, 2.45) is 5.41 Å². The van der Waals surface area contributed by atoms with Gasteiger partial charge in [0.25, 0.3) is 0 Å². The van der Waals surface area contributed by atoms with E-state index in [4.69, 9.17) is 0 Å². The van der Waals surface area contributed by atoms with Gasteiger partial charge in [-0.05, 0) is 36.2 Å². The van der Waals surface area contributed by atoms with Crippen LogP contribution in [0.1, 0.15) is 25.7 Å². The molecule has 0 aliphatic heterocycles. The number of ether oxygens (including phenoxy) is 1. The third kappa shape index (κ3) is 3.86. The van der Waals surface area contributed by atoms with Gasteiger partial charge in [0, 0.05) is 0 Å². The molecule has 1 fully saturated rings. The first-order chi connectivity index (χ1) is 6.72. The maximum Gasteiger partial charge on any atom is 0.306 e. The van der Waals surface area contributed by atoms with E-state index in [1.807, 2.05) is 0 Å². The second-order valence-corrected chi connectivity index (χ2v) is 4.95. The first-order valence-corrected chi connectivity index (χ1v) is 6.08. The van der Waals surface area contributed by atoms with Crippen LogP contribution in [0.5, 0.6) is 0 Å². The number of hydrogen-bond acceptors (Lipinski definition) is 3. The predicted molar refractivity (Wildman–Crippen MR) is 56.2 cm³/mol. The van der Waals surface area contributed by atoms with Gasteiger partial charge in [-0.15, -0.1) is 0 Å². The number of carbonyl (C=O) groups excluding carboxylic acids is 1. The van der Waals surface area contributed by atoms with E-state index in [-0.39, 0.29) is 18.1 Å². The van der Waals surface area contributed by atoms with Crippen LogP contribution in [0.4, 0.5) is 4.39 Å². The lowest BCUT2D eigenvalue weighted by Crippen LogP contribution is -2.13. The fourth-order valence-corrected chi connectivity index (χ4v) is 2.65. The normalized spacial score (nSPS) is 17.9. The van der Waals surface area contributed by atoms with Gasteiger partial charge >= 0.3 is 5.97 Å². The van der Waals surface area contributed by atoms with Gasteiger partial charge in [0.2, 0.25) is 0 Å². The van der Waals surface area contributed by atoms with Crippen LogP contribution in [0.2, 0.25) is 0 Å². The first-order valence-electron chi connectivity index (χ1n) is 4.93. The third-order valence-corrected chi connectivity index (χ3v) is 3.93. The van der Waals surface area contributed by atoms with Gasteiger partial charge in [-0.25, -0.2) is 0 Å². The fourth-order valence-electron chi connectivity index (χ4n) is 1.37. The lowest BCUT2D eigenvalue weighted by atomic mass is 10.1. The minimum atomic E-state index is -0.239. The molecule has 1 rings (SSSR count). The van der Waals surface area contributed by atoms with E-state index in [2.05, 4.69) is 4.74 Å². The van der Waals surface area contributed by atoms with Gasteiger partial charge in [-0.2, -0.15) is 11.8 Å². The zero-order valence-corrected chi connectivity index (χ0v) is 9.37. The molecular formula is C10H17FO2S. The predicted octanol–water partition coefficient (Wildman–Crippen LogP) is 2.42. The number of halogens is 1. The maximum atomic E-state index is 11.8. The van der Waals surface area contributed by atoms with Gasteiger partial charge < -0.3 is 4.74 Å². The van der Waals surface area contributed by atoms with Gasteiger partial charge in [-0.1, -0.05) is 0 Å². The van der Waals surface area contributed by atoms with E-state index in [1.54, 1.807) is 11.8 Å². The van der Waals surface area contributed by atoms with Crippen LogP contribution in [0.25, 0.3) is 0 Å². The highest BCUT2D eigenvalue weighted by Gasteiger charge is 2.44. The highest BCUT2D eigenvalue weighted by atomic mass is 32.2. The number of esters is 1. The fraction of sp³-hybridized carbons (Fsp3) is 0.900. The zero-order valence-electron chi connectivity index (χ0n) is 8.55. The Labute approximate surface area is 88.6 Å². The zero-order chi connectivity index (χ0) is 10.4. The Hall–Kier alpha value is -0.250. The number of thioether (sulfide) groups is 1. The Kier molecular flexibility index (Phi) is 4.72. The average molecular weight is 220 g/mol. The topological polar surface area (TPSA) is 26.3 Å². The summed E-state index contributed by atoms with van der Waals surface area (Å²) in [7, 11) is 1.43. The van der Waals surface area contributed by atoms with E-state index < -0.39 is 0 Å². The molecule has 2 nitrogen and oxygen atoms in total. The Morgan fingerprint density at radius 2 is 2.29 bits per heavy atom. The highest BCUT2D eigenvalue weighted by Crippen LogP contribution is 2.51. The second kappa shape index (κ2) is 5.59. The van der Waals surface area contributed by atoms with Crippen molar-refractivity contribution in [3.63, 3.8) is 0 Å². The molecule has 0 spiro atoms. The maximum absolute atomic E-state index is 11.8. The van der Waals surface area contributed by atoms with E-state index in [0.29, 0.717) is 12.8 Å². The van der Waals surface area contributed by atoms with Crippen LogP contribution in [0, 0.1) is 5.41 Å². The minimum Gasteiger partial charge on any atom is -0.469 e. The second-order valence-electron chi connectivity index (χ2n) is 3.85. The van der Waals surface area contributed by atoms with E-state index >= 15 is 0 Å². The molecule has 0 aromatic rings. The molecule has 0 heterocycles. The molecule has 0 amide bonds. The van der Waals surface area contributed by atoms with Crippen LogP contribution < -0.4 is 0 Å². The molecular weight excluding hydrogens is 203 g/mol. The van der Waals surface area contributed by atoms with Gasteiger partial charge in [0.1, 0.15) is 0 Å². The average Bonchev–Trinajstić information content (AvgIpc) is 2.93. The van der Waals surface area contributed by atoms with Crippen LogP contribution in [0.3, 0.4) is 0 Å². The monoisotopic (exact) mass is 220 g/mol. The standard InChI is InChI=1S/C10H17FO2S/c1-13-9(12)7-10(3-4-10)8-14-6-2-5-11/h2-8H2,1H3.